The highest BCUT2D eigenvalue weighted by Gasteiger charge is 2.12. The fourth-order valence-electron chi connectivity index (χ4n) is 1.78. The second-order valence-corrected chi connectivity index (χ2v) is 3.83. The van der Waals surface area contributed by atoms with E-state index in [1.54, 1.807) is 24.3 Å². The van der Waals surface area contributed by atoms with E-state index in [2.05, 4.69) is 4.74 Å². The van der Waals surface area contributed by atoms with E-state index in [-0.39, 0.29) is 12.2 Å². The van der Waals surface area contributed by atoms with Gasteiger partial charge in [-0.25, -0.2) is 9.59 Å². The van der Waals surface area contributed by atoms with E-state index in [0.717, 1.165) is 0 Å². The molecule has 0 fully saturated rings. The first-order valence-electron chi connectivity index (χ1n) is 5.58. The number of rotatable bonds is 4. The average molecular weight is 260 g/mol. The molecule has 0 saturated carbocycles. The highest BCUT2D eigenvalue weighted by molar-refractivity contribution is 6.05. The van der Waals surface area contributed by atoms with Crippen molar-refractivity contribution in [2.75, 3.05) is 13.7 Å². The minimum absolute atomic E-state index is 0.195. The summed E-state index contributed by atoms with van der Waals surface area (Å²) in [5, 5.41) is 10.3. The number of carboxylic acids is 1. The molecular weight excluding hydrogens is 248 g/mol. The summed E-state index contributed by atoms with van der Waals surface area (Å²) in [5.41, 5.74) is 0.195. The number of ether oxygens (including phenoxy) is 2. The fourth-order valence-corrected chi connectivity index (χ4v) is 1.78. The normalized spacial score (nSPS) is 10.2. The van der Waals surface area contributed by atoms with Crippen molar-refractivity contribution in [3.63, 3.8) is 0 Å². The molecule has 5 heteroatoms. The first-order valence-corrected chi connectivity index (χ1v) is 5.58. The molecule has 2 aromatic carbocycles. The van der Waals surface area contributed by atoms with Crippen LogP contribution in [0.4, 0.5) is 0 Å². The van der Waals surface area contributed by atoms with E-state index in [4.69, 9.17) is 9.84 Å². The van der Waals surface area contributed by atoms with Crippen molar-refractivity contribution in [3.05, 3.63) is 42.0 Å². The van der Waals surface area contributed by atoms with Crippen LogP contribution in [0.25, 0.3) is 10.8 Å². The van der Waals surface area contributed by atoms with Crippen LogP contribution in [0.15, 0.2) is 36.4 Å². The first kappa shape index (κ1) is 12.9. The molecule has 0 atom stereocenters. The van der Waals surface area contributed by atoms with Crippen molar-refractivity contribution in [1.82, 2.24) is 0 Å². The van der Waals surface area contributed by atoms with Crippen LogP contribution in [0.2, 0.25) is 0 Å². The maximum Gasteiger partial charge on any atom is 0.343 e. The lowest BCUT2D eigenvalue weighted by atomic mass is 10.0. The number of methoxy groups -OCH3 is 1. The standard InChI is InChI=1S/C14H12O5/c1-18-13(15)8-19-12-7-6-11(14(16)17)9-4-2-3-5-10(9)12/h2-7H,8H2,1H3,(H,16,17). The predicted octanol–water partition coefficient (Wildman–Crippen LogP) is 2.09. The number of carboxylic acid groups (broad SMARTS) is 1. The van der Waals surface area contributed by atoms with Gasteiger partial charge in [0, 0.05) is 5.39 Å². The van der Waals surface area contributed by atoms with E-state index in [1.165, 1.54) is 19.2 Å². The fraction of sp³-hybridized carbons (Fsp3) is 0.143. The van der Waals surface area contributed by atoms with Crippen LogP contribution in [0.3, 0.4) is 0 Å². The second kappa shape index (κ2) is 5.39. The maximum absolute atomic E-state index is 11.1. The smallest absolute Gasteiger partial charge is 0.343 e. The molecule has 0 aliphatic heterocycles. The Hall–Kier alpha value is -2.56. The quantitative estimate of drug-likeness (QED) is 0.852. The Morgan fingerprint density at radius 2 is 1.79 bits per heavy atom. The van der Waals surface area contributed by atoms with Crippen molar-refractivity contribution < 1.29 is 24.2 Å². The molecule has 0 bridgehead atoms. The Morgan fingerprint density at radius 3 is 2.42 bits per heavy atom. The Labute approximate surface area is 109 Å². The highest BCUT2D eigenvalue weighted by atomic mass is 16.6. The van der Waals surface area contributed by atoms with Crippen LogP contribution < -0.4 is 4.74 Å². The van der Waals surface area contributed by atoms with Gasteiger partial charge in [0.25, 0.3) is 0 Å². The van der Waals surface area contributed by atoms with E-state index >= 15 is 0 Å². The molecule has 98 valence electrons. The Balaban J connectivity index is 2.44. The van der Waals surface area contributed by atoms with E-state index in [9.17, 15) is 9.59 Å². The third kappa shape index (κ3) is 2.65. The zero-order valence-corrected chi connectivity index (χ0v) is 10.3. The third-order valence-electron chi connectivity index (χ3n) is 2.69. The van der Waals surface area contributed by atoms with Gasteiger partial charge in [0.2, 0.25) is 0 Å². The summed E-state index contributed by atoms with van der Waals surface area (Å²) < 4.78 is 9.83. The summed E-state index contributed by atoms with van der Waals surface area (Å²) in [5.74, 6) is -1.05. The van der Waals surface area contributed by atoms with Crippen LogP contribution in [0.1, 0.15) is 10.4 Å². The molecule has 0 saturated heterocycles. The molecule has 2 rings (SSSR count). The molecule has 19 heavy (non-hydrogen) atoms. The Bertz CT molecular complexity index is 633. The lowest BCUT2D eigenvalue weighted by Gasteiger charge is -2.10. The molecule has 0 radical (unpaired) electrons. The van der Waals surface area contributed by atoms with E-state index < -0.39 is 11.9 Å². The van der Waals surface area contributed by atoms with Crippen LogP contribution in [0, 0.1) is 0 Å². The van der Waals surface area contributed by atoms with E-state index in [1.807, 2.05) is 0 Å². The molecule has 0 amide bonds. The molecule has 0 aliphatic carbocycles. The number of benzene rings is 2. The highest BCUT2D eigenvalue weighted by Crippen LogP contribution is 2.28. The SMILES string of the molecule is COC(=O)COc1ccc(C(=O)O)c2ccccc12. The zero-order chi connectivity index (χ0) is 13.8. The number of carbonyl (C=O) groups excluding carboxylic acids is 1. The number of carbonyl (C=O) groups is 2. The van der Waals surface area contributed by atoms with Gasteiger partial charge >= 0.3 is 11.9 Å². The molecule has 0 unspecified atom stereocenters. The van der Waals surface area contributed by atoms with Crippen molar-refractivity contribution in [1.29, 1.82) is 0 Å². The largest absolute Gasteiger partial charge is 0.481 e. The average Bonchev–Trinajstić information content (AvgIpc) is 2.43. The van der Waals surface area contributed by atoms with Crippen molar-refractivity contribution in [3.8, 4) is 5.75 Å². The van der Waals surface area contributed by atoms with Crippen LogP contribution in [0.5, 0.6) is 5.75 Å². The summed E-state index contributed by atoms with van der Waals surface area (Å²) >= 11 is 0. The van der Waals surface area contributed by atoms with Gasteiger partial charge in [0.05, 0.1) is 12.7 Å². The van der Waals surface area contributed by atoms with Gasteiger partial charge in [0.1, 0.15) is 5.75 Å². The molecule has 0 aliphatic rings. The summed E-state index contributed by atoms with van der Waals surface area (Å²) in [6.07, 6.45) is 0. The third-order valence-corrected chi connectivity index (χ3v) is 2.69. The van der Waals surface area contributed by atoms with Crippen LogP contribution in [-0.4, -0.2) is 30.8 Å². The molecule has 0 heterocycles. The molecule has 1 N–H and O–H groups in total. The first-order chi connectivity index (χ1) is 9.13. The number of aromatic carboxylic acids is 1. The lowest BCUT2D eigenvalue weighted by Crippen LogP contribution is -2.12. The molecule has 5 nitrogen and oxygen atoms in total. The van der Waals surface area contributed by atoms with Gasteiger partial charge in [0.15, 0.2) is 6.61 Å². The minimum atomic E-state index is -1.00. The minimum Gasteiger partial charge on any atom is -0.481 e. The van der Waals surface area contributed by atoms with Gasteiger partial charge in [-0.1, -0.05) is 24.3 Å². The predicted molar refractivity (Wildman–Crippen MR) is 68.4 cm³/mol. The number of hydrogen-bond acceptors (Lipinski definition) is 4. The summed E-state index contributed by atoms with van der Waals surface area (Å²) in [6, 6.07) is 9.96. The van der Waals surface area contributed by atoms with Gasteiger partial charge < -0.3 is 14.6 Å². The van der Waals surface area contributed by atoms with Crippen molar-refractivity contribution in [2.24, 2.45) is 0 Å². The van der Waals surface area contributed by atoms with Gasteiger partial charge in [-0.3, -0.25) is 0 Å². The molecule has 2 aromatic rings. The van der Waals surface area contributed by atoms with Crippen LogP contribution >= 0.6 is 0 Å². The van der Waals surface area contributed by atoms with Gasteiger partial charge in [-0.15, -0.1) is 0 Å². The van der Waals surface area contributed by atoms with Crippen LogP contribution in [-0.2, 0) is 9.53 Å². The van der Waals surface area contributed by atoms with Gasteiger partial charge in [-0.05, 0) is 17.5 Å². The lowest BCUT2D eigenvalue weighted by molar-refractivity contribution is -0.142. The maximum atomic E-state index is 11.1. The number of fused-ring (bicyclic) bond motifs is 1. The van der Waals surface area contributed by atoms with E-state index in [0.29, 0.717) is 16.5 Å². The van der Waals surface area contributed by atoms with Crippen molar-refractivity contribution >= 4 is 22.7 Å². The summed E-state index contributed by atoms with van der Waals surface area (Å²) in [4.78, 5) is 22.2. The van der Waals surface area contributed by atoms with Gasteiger partial charge in [-0.2, -0.15) is 0 Å². The monoisotopic (exact) mass is 260 g/mol. The number of hydrogen-bond donors (Lipinski definition) is 1. The molecule has 0 aromatic heterocycles. The summed E-state index contributed by atoms with van der Waals surface area (Å²) in [6.45, 7) is -0.215. The molecule has 0 spiro atoms. The number of esters is 1. The zero-order valence-electron chi connectivity index (χ0n) is 10.3. The summed E-state index contributed by atoms with van der Waals surface area (Å²) in [7, 11) is 1.28. The van der Waals surface area contributed by atoms with Crippen molar-refractivity contribution in [2.45, 2.75) is 0 Å². The second-order valence-electron chi connectivity index (χ2n) is 3.83. The Morgan fingerprint density at radius 1 is 1.11 bits per heavy atom. The molecular formula is C14H12O5. The Kier molecular flexibility index (Phi) is 3.66. The topological polar surface area (TPSA) is 72.8 Å².